The van der Waals surface area contributed by atoms with Crippen LogP contribution in [0.1, 0.15) is 26.3 Å². The monoisotopic (exact) mass is 312 g/mol. The molecule has 0 radical (unpaired) electrons. The molecule has 0 amide bonds. The van der Waals surface area contributed by atoms with Gasteiger partial charge in [-0.25, -0.2) is 13.6 Å². The zero-order valence-electron chi connectivity index (χ0n) is 11.7. The average molecular weight is 312 g/mol. The van der Waals surface area contributed by atoms with E-state index in [0.29, 0.717) is 10.8 Å². The Labute approximate surface area is 129 Å². The summed E-state index contributed by atoms with van der Waals surface area (Å²) < 4.78 is 26.2. The molecule has 3 nitrogen and oxygen atoms in total. The van der Waals surface area contributed by atoms with Crippen molar-refractivity contribution < 1.29 is 23.5 Å². The normalized spacial score (nSPS) is 10.7. The summed E-state index contributed by atoms with van der Waals surface area (Å²) in [5, 5.41) is 10.3. The Morgan fingerprint density at radius 2 is 1.35 bits per heavy atom. The summed E-state index contributed by atoms with van der Waals surface area (Å²) >= 11 is 0. The topological polar surface area (TPSA) is 54.4 Å². The van der Waals surface area contributed by atoms with Crippen LogP contribution in [-0.4, -0.2) is 16.9 Å². The van der Waals surface area contributed by atoms with Gasteiger partial charge in [-0.15, -0.1) is 0 Å². The number of carbonyl (C=O) groups excluding carboxylic acids is 1. The number of carbonyl (C=O) groups is 2. The van der Waals surface area contributed by atoms with Gasteiger partial charge in [0, 0.05) is 11.1 Å². The lowest BCUT2D eigenvalue weighted by molar-refractivity contribution is 0.0693. The fraction of sp³-hybridized carbons (Fsp3) is 0. The Balaban J connectivity index is 2.20. The molecular weight excluding hydrogens is 302 g/mol. The molecule has 0 heterocycles. The Hall–Kier alpha value is -3.08. The quantitative estimate of drug-likeness (QED) is 0.742. The SMILES string of the molecule is O=C(O)c1cc2cc(F)ccc2cc1C(=O)c1ccc(F)cc1. The van der Waals surface area contributed by atoms with Crippen molar-refractivity contribution in [1.29, 1.82) is 0 Å². The molecule has 0 bridgehead atoms. The number of carboxylic acid groups (broad SMARTS) is 1. The molecule has 0 aromatic heterocycles. The summed E-state index contributed by atoms with van der Waals surface area (Å²) in [6, 6.07) is 11.4. The van der Waals surface area contributed by atoms with E-state index in [-0.39, 0.29) is 16.7 Å². The minimum atomic E-state index is -1.29. The van der Waals surface area contributed by atoms with Gasteiger partial charge < -0.3 is 5.11 Å². The summed E-state index contributed by atoms with van der Waals surface area (Å²) in [6.45, 7) is 0. The third kappa shape index (κ3) is 2.81. The maximum absolute atomic E-state index is 13.3. The second kappa shape index (κ2) is 5.61. The maximum atomic E-state index is 13.3. The highest BCUT2D eigenvalue weighted by Gasteiger charge is 2.19. The molecule has 0 atom stereocenters. The molecule has 3 aromatic carbocycles. The standard InChI is InChI=1S/C18H10F2O3/c19-13-4-1-10(2-5-13)17(21)15-8-11-3-6-14(20)7-12(11)9-16(15)18(22)23/h1-9H,(H,22,23). The van der Waals surface area contributed by atoms with Gasteiger partial charge in [-0.3, -0.25) is 4.79 Å². The number of benzene rings is 3. The van der Waals surface area contributed by atoms with Crippen molar-refractivity contribution in [2.75, 3.05) is 0 Å². The van der Waals surface area contributed by atoms with Gasteiger partial charge in [0.25, 0.3) is 0 Å². The van der Waals surface area contributed by atoms with Gasteiger partial charge in [0.15, 0.2) is 5.78 Å². The summed E-state index contributed by atoms with van der Waals surface area (Å²) in [5.74, 6) is -2.81. The second-order valence-electron chi connectivity index (χ2n) is 5.03. The molecule has 0 aliphatic heterocycles. The predicted octanol–water partition coefficient (Wildman–Crippen LogP) is 4.05. The van der Waals surface area contributed by atoms with Gasteiger partial charge in [-0.05, 0) is 59.3 Å². The number of carboxylic acids is 1. The predicted molar refractivity (Wildman–Crippen MR) is 80.7 cm³/mol. The highest BCUT2D eigenvalue weighted by atomic mass is 19.1. The Morgan fingerprint density at radius 1 is 0.739 bits per heavy atom. The fourth-order valence-electron chi connectivity index (χ4n) is 2.39. The lowest BCUT2D eigenvalue weighted by atomic mass is 9.94. The van der Waals surface area contributed by atoms with Crippen molar-refractivity contribution >= 4 is 22.5 Å². The van der Waals surface area contributed by atoms with Gasteiger partial charge in [-0.1, -0.05) is 6.07 Å². The van der Waals surface area contributed by atoms with Crippen molar-refractivity contribution in [3.05, 3.63) is 82.9 Å². The van der Waals surface area contributed by atoms with Crippen LogP contribution >= 0.6 is 0 Å². The third-order valence-corrected chi connectivity index (χ3v) is 3.52. The first kappa shape index (κ1) is 14.8. The molecule has 0 aliphatic carbocycles. The van der Waals surface area contributed by atoms with Gasteiger partial charge in [0.2, 0.25) is 0 Å². The van der Waals surface area contributed by atoms with Crippen LogP contribution in [0, 0.1) is 11.6 Å². The van der Waals surface area contributed by atoms with Gasteiger partial charge in [-0.2, -0.15) is 0 Å². The van der Waals surface area contributed by atoms with E-state index in [0.717, 1.165) is 12.1 Å². The molecule has 3 rings (SSSR count). The lowest BCUT2D eigenvalue weighted by Crippen LogP contribution is -2.10. The van der Waals surface area contributed by atoms with Crippen LogP contribution in [0.25, 0.3) is 10.8 Å². The van der Waals surface area contributed by atoms with Crippen LogP contribution in [0.2, 0.25) is 0 Å². The maximum Gasteiger partial charge on any atom is 0.336 e. The molecule has 0 saturated carbocycles. The van der Waals surface area contributed by atoms with Crippen LogP contribution < -0.4 is 0 Å². The van der Waals surface area contributed by atoms with Crippen molar-refractivity contribution in [2.24, 2.45) is 0 Å². The van der Waals surface area contributed by atoms with Crippen molar-refractivity contribution in [2.45, 2.75) is 0 Å². The Morgan fingerprint density at radius 3 is 2.00 bits per heavy atom. The van der Waals surface area contributed by atoms with Crippen LogP contribution in [0.15, 0.2) is 54.6 Å². The molecule has 0 aliphatic rings. The number of rotatable bonds is 3. The summed E-state index contributed by atoms with van der Waals surface area (Å²) in [6.07, 6.45) is 0. The Bertz CT molecular complexity index is 931. The Kier molecular flexibility index (Phi) is 3.62. The first-order valence-electron chi connectivity index (χ1n) is 6.72. The summed E-state index contributed by atoms with van der Waals surface area (Å²) in [7, 11) is 0. The minimum absolute atomic E-state index is 0.0248. The van der Waals surface area contributed by atoms with Gasteiger partial charge >= 0.3 is 5.97 Å². The zero-order chi connectivity index (χ0) is 16.6. The van der Waals surface area contributed by atoms with Gasteiger partial charge in [0.1, 0.15) is 11.6 Å². The highest BCUT2D eigenvalue weighted by molar-refractivity contribution is 6.16. The number of hydrogen-bond acceptors (Lipinski definition) is 2. The number of hydrogen-bond donors (Lipinski definition) is 1. The van der Waals surface area contributed by atoms with Crippen LogP contribution in [0.4, 0.5) is 8.78 Å². The van der Waals surface area contributed by atoms with Crippen molar-refractivity contribution in [1.82, 2.24) is 0 Å². The van der Waals surface area contributed by atoms with E-state index in [1.807, 2.05) is 0 Å². The minimum Gasteiger partial charge on any atom is -0.478 e. The van der Waals surface area contributed by atoms with E-state index in [1.165, 1.54) is 42.5 Å². The molecule has 0 fully saturated rings. The average Bonchev–Trinajstić information content (AvgIpc) is 2.53. The number of aromatic carboxylic acids is 1. The molecule has 5 heteroatoms. The van der Waals surface area contributed by atoms with Crippen LogP contribution in [0.5, 0.6) is 0 Å². The molecule has 114 valence electrons. The lowest BCUT2D eigenvalue weighted by Gasteiger charge is -2.08. The number of halogens is 2. The molecule has 0 spiro atoms. The fourth-order valence-corrected chi connectivity index (χ4v) is 2.39. The van der Waals surface area contributed by atoms with E-state index in [2.05, 4.69) is 0 Å². The molecule has 23 heavy (non-hydrogen) atoms. The molecular formula is C18H10F2O3. The van der Waals surface area contributed by atoms with E-state index >= 15 is 0 Å². The van der Waals surface area contributed by atoms with Crippen LogP contribution in [-0.2, 0) is 0 Å². The first-order valence-corrected chi connectivity index (χ1v) is 6.72. The number of ketones is 1. The molecule has 0 saturated heterocycles. The summed E-state index contributed by atoms with van der Waals surface area (Å²) in [4.78, 5) is 24.0. The molecule has 3 aromatic rings. The summed E-state index contributed by atoms with van der Waals surface area (Å²) in [5.41, 5.74) is -0.0731. The highest BCUT2D eigenvalue weighted by Crippen LogP contribution is 2.24. The molecule has 0 unspecified atom stereocenters. The zero-order valence-corrected chi connectivity index (χ0v) is 11.7. The van der Waals surface area contributed by atoms with E-state index < -0.39 is 23.4 Å². The van der Waals surface area contributed by atoms with E-state index in [9.17, 15) is 23.5 Å². The van der Waals surface area contributed by atoms with E-state index in [1.54, 1.807) is 0 Å². The number of fused-ring (bicyclic) bond motifs is 1. The first-order chi connectivity index (χ1) is 11.0. The van der Waals surface area contributed by atoms with Crippen LogP contribution in [0.3, 0.4) is 0 Å². The van der Waals surface area contributed by atoms with Crippen molar-refractivity contribution in [3.63, 3.8) is 0 Å². The third-order valence-electron chi connectivity index (χ3n) is 3.52. The van der Waals surface area contributed by atoms with Crippen molar-refractivity contribution in [3.8, 4) is 0 Å². The van der Waals surface area contributed by atoms with E-state index in [4.69, 9.17) is 0 Å². The second-order valence-corrected chi connectivity index (χ2v) is 5.03. The molecule has 1 N–H and O–H groups in total. The van der Waals surface area contributed by atoms with Gasteiger partial charge in [0.05, 0.1) is 5.56 Å². The smallest absolute Gasteiger partial charge is 0.336 e. The largest absolute Gasteiger partial charge is 0.478 e.